The van der Waals surface area contributed by atoms with Crippen molar-refractivity contribution in [1.29, 1.82) is 0 Å². The van der Waals surface area contributed by atoms with E-state index in [2.05, 4.69) is 16.2 Å². The Morgan fingerprint density at radius 2 is 1.85 bits per heavy atom. The molecule has 2 rings (SSSR count). The van der Waals surface area contributed by atoms with Crippen LogP contribution in [0.25, 0.3) is 0 Å². The van der Waals surface area contributed by atoms with Gasteiger partial charge in [0.15, 0.2) is 9.84 Å². The van der Waals surface area contributed by atoms with Crippen LogP contribution in [0.5, 0.6) is 5.75 Å². The number of ether oxygens (including phenoxy) is 1. The molecule has 0 bridgehead atoms. The van der Waals surface area contributed by atoms with Gasteiger partial charge in [0.05, 0.1) is 30.6 Å². The Bertz CT molecular complexity index is 776. The maximum Gasteiger partial charge on any atom is 0.257 e. The van der Waals surface area contributed by atoms with Gasteiger partial charge in [0.1, 0.15) is 5.75 Å². The number of hydrogen-bond donors (Lipinski definition) is 3. The lowest BCUT2D eigenvalue weighted by molar-refractivity contribution is -0.130. The fraction of sp³-hybridized carbons (Fsp3) is 0.438. The lowest BCUT2D eigenvalue weighted by Gasteiger charge is -2.11. The van der Waals surface area contributed by atoms with Gasteiger partial charge in [-0.1, -0.05) is 0 Å². The van der Waals surface area contributed by atoms with E-state index in [0.717, 1.165) is 0 Å². The summed E-state index contributed by atoms with van der Waals surface area (Å²) in [5.41, 5.74) is 4.69. The largest absolute Gasteiger partial charge is 0.494 e. The third-order valence-corrected chi connectivity index (χ3v) is 5.53. The van der Waals surface area contributed by atoms with Gasteiger partial charge in [-0.15, -0.1) is 0 Å². The third-order valence-electron chi connectivity index (χ3n) is 3.77. The Kier molecular flexibility index (Phi) is 6.56. The molecule has 1 fully saturated rings. The molecule has 1 aliphatic heterocycles. The maximum absolute atomic E-state index is 12.0. The van der Waals surface area contributed by atoms with Crippen molar-refractivity contribution in [2.24, 2.45) is 5.92 Å². The summed E-state index contributed by atoms with van der Waals surface area (Å²) in [5.74, 6) is -1.91. The Labute approximate surface area is 151 Å². The molecule has 0 spiro atoms. The third kappa shape index (κ3) is 5.73. The minimum atomic E-state index is -3.18. The van der Waals surface area contributed by atoms with E-state index in [1.54, 1.807) is 24.3 Å². The quantitative estimate of drug-likeness (QED) is 0.562. The standard InChI is InChI=1S/C16H21N3O6S/c1-2-25-13-5-3-11(4-6-13)15(21)17-9-14(20)18-19-16(22)12-7-8-26(23,24)10-12/h3-6,12H,2,7-10H2,1H3,(H,17,21)(H,18,20)(H,19,22)/t12-/m1/s1. The topological polar surface area (TPSA) is 131 Å². The first-order valence-electron chi connectivity index (χ1n) is 8.11. The Balaban J connectivity index is 1.72. The normalized spacial score (nSPS) is 18.0. The van der Waals surface area contributed by atoms with Crippen molar-refractivity contribution in [2.45, 2.75) is 13.3 Å². The van der Waals surface area contributed by atoms with Crippen LogP contribution in [0.3, 0.4) is 0 Å². The lowest BCUT2D eigenvalue weighted by atomic mass is 10.1. The van der Waals surface area contributed by atoms with Crippen LogP contribution in [0.2, 0.25) is 0 Å². The first kappa shape index (κ1) is 19.7. The van der Waals surface area contributed by atoms with Crippen molar-refractivity contribution in [3.05, 3.63) is 29.8 Å². The Morgan fingerprint density at radius 1 is 1.15 bits per heavy atom. The molecule has 0 saturated carbocycles. The summed E-state index contributed by atoms with van der Waals surface area (Å²) in [4.78, 5) is 35.4. The van der Waals surface area contributed by atoms with Crippen molar-refractivity contribution in [3.8, 4) is 5.75 Å². The lowest BCUT2D eigenvalue weighted by Crippen LogP contribution is -2.48. The van der Waals surface area contributed by atoms with Gasteiger partial charge in [-0.05, 0) is 37.6 Å². The van der Waals surface area contributed by atoms with Crippen LogP contribution >= 0.6 is 0 Å². The zero-order valence-electron chi connectivity index (χ0n) is 14.3. The van der Waals surface area contributed by atoms with Crippen LogP contribution in [0.15, 0.2) is 24.3 Å². The summed E-state index contributed by atoms with van der Waals surface area (Å²) < 4.78 is 27.9. The second-order valence-electron chi connectivity index (χ2n) is 5.78. The van der Waals surface area contributed by atoms with Gasteiger partial charge >= 0.3 is 0 Å². The molecular weight excluding hydrogens is 362 g/mol. The molecule has 1 aromatic carbocycles. The molecule has 3 N–H and O–H groups in total. The first-order valence-corrected chi connectivity index (χ1v) is 9.93. The molecule has 3 amide bonds. The predicted molar refractivity (Wildman–Crippen MR) is 93.0 cm³/mol. The molecular formula is C16H21N3O6S. The molecule has 1 aliphatic rings. The second-order valence-corrected chi connectivity index (χ2v) is 8.01. The number of hydrazine groups is 1. The Morgan fingerprint density at radius 3 is 2.42 bits per heavy atom. The van der Waals surface area contributed by atoms with Crippen LogP contribution in [0.1, 0.15) is 23.7 Å². The summed E-state index contributed by atoms with van der Waals surface area (Å²) >= 11 is 0. The highest BCUT2D eigenvalue weighted by molar-refractivity contribution is 7.91. The molecule has 142 valence electrons. The molecule has 26 heavy (non-hydrogen) atoms. The highest BCUT2D eigenvalue weighted by atomic mass is 32.2. The number of carbonyl (C=O) groups excluding carboxylic acids is 3. The van der Waals surface area contributed by atoms with E-state index in [1.807, 2.05) is 6.92 Å². The molecule has 0 aliphatic carbocycles. The fourth-order valence-corrected chi connectivity index (χ4v) is 4.15. The van der Waals surface area contributed by atoms with Gasteiger partial charge < -0.3 is 10.1 Å². The van der Waals surface area contributed by atoms with Crippen LogP contribution in [-0.2, 0) is 19.4 Å². The van der Waals surface area contributed by atoms with Crippen LogP contribution < -0.4 is 20.9 Å². The van der Waals surface area contributed by atoms with E-state index in [-0.39, 0.29) is 24.5 Å². The monoisotopic (exact) mass is 383 g/mol. The van der Waals surface area contributed by atoms with Crippen molar-refractivity contribution in [1.82, 2.24) is 16.2 Å². The first-order chi connectivity index (χ1) is 12.3. The van der Waals surface area contributed by atoms with Gasteiger partial charge in [0, 0.05) is 5.56 Å². The van der Waals surface area contributed by atoms with Crippen LogP contribution in [-0.4, -0.2) is 50.8 Å². The number of benzene rings is 1. The van der Waals surface area contributed by atoms with Crippen molar-refractivity contribution in [2.75, 3.05) is 24.7 Å². The number of carbonyl (C=O) groups is 3. The molecule has 1 atom stereocenters. The molecule has 0 aromatic heterocycles. The molecule has 1 heterocycles. The minimum absolute atomic E-state index is 0.0306. The van der Waals surface area contributed by atoms with Crippen molar-refractivity contribution >= 4 is 27.6 Å². The molecule has 9 nitrogen and oxygen atoms in total. The summed E-state index contributed by atoms with van der Waals surface area (Å²) in [6.07, 6.45) is 0.235. The number of nitrogens with one attached hydrogen (secondary N) is 3. The smallest absolute Gasteiger partial charge is 0.257 e. The molecule has 1 aromatic rings. The van der Waals surface area contributed by atoms with E-state index < -0.39 is 33.5 Å². The number of sulfone groups is 1. The highest BCUT2D eigenvalue weighted by Gasteiger charge is 2.33. The molecule has 0 unspecified atom stereocenters. The zero-order chi connectivity index (χ0) is 19.2. The van der Waals surface area contributed by atoms with E-state index in [0.29, 0.717) is 17.9 Å². The van der Waals surface area contributed by atoms with Crippen LogP contribution in [0.4, 0.5) is 0 Å². The van der Waals surface area contributed by atoms with E-state index in [9.17, 15) is 22.8 Å². The highest BCUT2D eigenvalue weighted by Crippen LogP contribution is 2.18. The van der Waals surface area contributed by atoms with E-state index in [4.69, 9.17) is 4.74 Å². The summed E-state index contributed by atoms with van der Waals surface area (Å²) in [7, 11) is -3.18. The number of rotatable bonds is 6. The maximum atomic E-state index is 12.0. The SMILES string of the molecule is CCOc1ccc(C(=O)NCC(=O)NNC(=O)[C@@H]2CCS(=O)(=O)C2)cc1. The second kappa shape index (κ2) is 8.65. The average Bonchev–Trinajstić information content (AvgIpc) is 2.98. The van der Waals surface area contributed by atoms with Crippen molar-refractivity contribution in [3.63, 3.8) is 0 Å². The zero-order valence-corrected chi connectivity index (χ0v) is 15.1. The summed E-state index contributed by atoms with van der Waals surface area (Å²) in [6.45, 7) is 2.03. The summed E-state index contributed by atoms with van der Waals surface area (Å²) in [5, 5.41) is 2.42. The Hall–Kier alpha value is -2.62. The van der Waals surface area contributed by atoms with Crippen LogP contribution in [0, 0.1) is 5.92 Å². The molecule has 0 radical (unpaired) electrons. The van der Waals surface area contributed by atoms with E-state index >= 15 is 0 Å². The number of amides is 3. The van der Waals surface area contributed by atoms with Gasteiger partial charge in [-0.3, -0.25) is 25.2 Å². The molecule has 1 saturated heterocycles. The molecule has 10 heteroatoms. The van der Waals surface area contributed by atoms with Gasteiger partial charge in [-0.2, -0.15) is 0 Å². The van der Waals surface area contributed by atoms with Gasteiger partial charge in [0.25, 0.3) is 11.8 Å². The van der Waals surface area contributed by atoms with E-state index in [1.165, 1.54) is 0 Å². The fourth-order valence-electron chi connectivity index (χ4n) is 2.41. The summed E-state index contributed by atoms with van der Waals surface area (Å²) in [6, 6.07) is 6.43. The number of hydrogen-bond acceptors (Lipinski definition) is 6. The average molecular weight is 383 g/mol. The van der Waals surface area contributed by atoms with Crippen molar-refractivity contribution < 1.29 is 27.5 Å². The van der Waals surface area contributed by atoms with Gasteiger partial charge in [0.2, 0.25) is 5.91 Å². The van der Waals surface area contributed by atoms with Gasteiger partial charge in [-0.25, -0.2) is 8.42 Å². The minimum Gasteiger partial charge on any atom is -0.494 e. The predicted octanol–water partition coefficient (Wildman–Crippen LogP) is -0.603.